The van der Waals surface area contributed by atoms with Gasteiger partial charge in [-0.2, -0.15) is 5.10 Å². The van der Waals surface area contributed by atoms with Crippen LogP contribution in [0.1, 0.15) is 69.7 Å². The minimum Gasteiger partial charge on any atom is -0.494 e. The van der Waals surface area contributed by atoms with Gasteiger partial charge in [0, 0.05) is 44.8 Å². The molecule has 0 radical (unpaired) electrons. The van der Waals surface area contributed by atoms with Crippen molar-refractivity contribution < 1.29 is 137 Å². The number of carbonyl (C=O) groups excluding carboxylic acids is 2. The van der Waals surface area contributed by atoms with E-state index in [-0.39, 0.29) is 37.6 Å². The van der Waals surface area contributed by atoms with E-state index in [0.717, 1.165) is 22.4 Å². The highest BCUT2D eigenvalue weighted by Crippen LogP contribution is 2.52. The van der Waals surface area contributed by atoms with Gasteiger partial charge in [0.25, 0.3) is 0 Å². The summed E-state index contributed by atoms with van der Waals surface area (Å²) in [5.74, 6) is 1.40. The minimum absolute atomic E-state index is 0.184. The van der Waals surface area contributed by atoms with Gasteiger partial charge in [0.15, 0.2) is 42.5 Å². The molecular formula is C70H101N6O28P2S2+. The van der Waals surface area contributed by atoms with Crippen LogP contribution in [0.4, 0.5) is 0 Å². The summed E-state index contributed by atoms with van der Waals surface area (Å²) >= 11 is 11.9. The van der Waals surface area contributed by atoms with Gasteiger partial charge < -0.3 is 134 Å². The number of ether oxygens (including phenoxy) is 9. The fourth-order valence-corrected chi connectivity index (χ4v) is 14.4. The summed E-state index contributed by atoms with van der Waals surface area (Å²) < 4.78 is 73.1. The number of carbonyl (C=O) groups is 2. The molecule has 108 heavy (non-hydrogen) atoms. The van der Waals surface area contributed by atoms with Gasteiger partial charge in [-0.1, -0.05) is 29.0 Å². The van der Waals surface area contributed by atoms with Crippen molar-refractivity contribution in [3.05, 3.63) is 119 Å². The Bertz CT molecular complexity index is 3430. The molecule has 0 saturated carbocycles. The molecular weight excluding hydrogens is 1500 g/mol. The standard InChI is InChI=1S/C70H101N6O28P2S2/c1-8-93-43-17-13-41(14-18-43)33-73-75(6)105(107)102-44-19-15-42(16-20-44)34-74-76(7)106(108,103-45-21-9-39(10-22-45)25-29-71-69(2,3)51(81)27-31-94-67-63(59(89)55(85)49(37-79)98-67)100-65-61(91)57(87)53(83)47(35-77)96-65)104-46-23-11-40(12-24-46)26-30-72-70(4,5)52(82)28-32-95-68-64(60(90)56(86)50(38-80)99-68)101-66-62(92)58(88)54(84)48(36-78)97-66/h9-24,33-34,47-50,53-68,71-72,77-80,83-92H,8,25-32,35-38H2,1-7H3/q+1/b73-33+,74-34+. The van der Waals surface area contributed by atoms with E-state index in [2.05, 4.69) is 15.7 Å². The molecule has 4 aromatic carbocycles. The summed E-state index contributed by atoms with van der Waals surface area (Å²) in [5, 5.41) is 160. The maximum Gasteiger partial charge on any atom is 0.540 e. The number of benzene rings is 4. The van der Waals surface area contributed by atoms with Gasteiger partial charge in [-0.05, 0) is 143 Å². The molecule has 21 atom stereocenters. The minimum atomic E-state index is -3.60. The smallest absolute Gasteiger partial charge is 0.494 e. The summed E-state index contributed by atoms with van der Waals surface area (Å²) in [5.41, 5.74) is 1.06. The van der Waals surface area contributed by atoms with Crippen LogP contribution >= 0.6 is 13.7 Å². The number of Topliss-reactive ketones (excluding diaryl/α,β-unsaturated/α-hetero) is 2. The Labute approximate surface area is 636 Å². The summed E-state index contributed by atoms with van der Waals surface area (Å²) in [6, 6.07) is 28.8. The Hall–Kier alpha value is -5.43. The van der Waals surface area contributed by atoms with Crippen LogP contribution in [0.5, 0.6) is 23.0 Å². The zero-order valence-electron chi connectivity index (χ0n) is 60.6. The molecule has 600 valence electrons. The van der Waals surface area contributed by atoms with Crippen LogP contribution in [0.2, 0.25) is 0 Å². The van der Waals surface area contributed by atoms with E-state index in [4.69, 9.17) is 84.9 Å². The zero-order chi connectivity index (χ0) is 78.8. The second kappa shape index (κ2) is 40.9. The zero-order valence-corrected chi connectivity index (χ0v) is 64.0. The maximum absolute atomic E-state index is 13.7. The topological polar surface area (TPSA) is 483 Å². The number of hydrogen-bond donors (Lipinski definition) is 16. The van der Waals surface area contributed by atoms with E-state index in [9.17, 15) is 81.1 Å². The van der Waals surface area contributed by atoms with Crippen molar-refractivity contribution in [3.63, 3.8) is 0 Å². The molecule has 4 heterocycles. The van der Waals surface area contributed by atoms with Crippen molar-refractivity contribution in [1.29, 1.82) is 0 Å². The maximum atomic E-state index is 13.7. The van der Waals surface area contributed by atoms with Gasteiger partial charge in [0.1, 0.15) is 115 Å². The molecule has 0 aromatic heterocycles. The average molecular weight is 1600 g/mol. The number of hydrogen-bond acceptors (Lipinski definition) is 34. The van der Waals surface area contributed by atoms with Crippen LogP contribution in [0.3, 0.4) is 0 Å². The van der Waals surface area contributed by atoms with Crippen molar-refractivity contribution in [2.45, 2.75) is 194 Å². The first kappa shape index (κ1) is 88.1. The summed E-state index contributed by atoms with van der Waals surface area (Å²) in [4.78, 5) is 27.3. The van der Waals surface area contributed by atoms with E-state index in [1.807, 2.05) is 55.5 Å². The van der Waals surface area contributed by atoms with Crippen molar-refractivity contribution in [3.8, 4) is 23.0 Å². The van der Waals surface area contributed by atoms with E-state index < -0.39 is 174 Å². The molecule has 4 aliphatic rings. The van der Waals surface area contributed by atoms with Crippen molar-refractivity contribution in [1.82, 2.24) is 20.2 Å². The molecule has 0 aliphatic carbocycles. The van der Waals surface area contributed by atoms with Crippen LogP contribution in [0.15, 0.2) is 107 Å². The molecule has 21 unspecified atom stereocenters. The molecule has 4 saturated heterocycles. The third-order valence-electron chi connectivity index (χ3n) is 18.4. The first-order valence-electron chi connectivity index (χ1n) is 35.0. The lowest BCUT2D eigenvalue weighted by atomic mass is 9.96. The quantitative estimate of drug-likeness (QED) is 0.0142. The van der Waals surface area contributed by atoms with Gasteiger partial charge in [-0.25, -0.2) is 4.78 Å². The number of aliphatic hydroxyl groups excluding tert-OH is 14. The molecule has 0 bridgehead atoms. The Morgan fingerprint density at radius 3 is 1.24 bits per heavy atom. The Morgan fingerprint density at radius 1 is 0.509 bits per heavy atom. The van der Waals surface area contributed by atoms with Crippen molar-refractivity contribution in [2.75, 3.05) is 73.4 Å². The molecule has 34 nitrogen and oxygen atoms in total. The highest BCUT2D eigenvalue weighted by molar-refractivity contribution is 8.09. The molecule has 4 fully saturated rings. The molecule has 4 aromatic rings. The normalized spacial score (nSPS) is 29.8. The van der Waals surface area contributed by atoms with Gasteiger partial charge in [-0.15, -0.1) is 5.10 Å². The largest absolute Gasteiger partial charge is 0.540 e. The second-order valence-electron chi connectivity index (χ2n) is 27.0. The Morgan fingerprint density at radius 2 is 0.861 bits per heavy atom. The van der Waals surface area contributed by atoms with Gasteiger partial charge in [-0.3, -0.25) is 14.1 Å². The molecule has 38 heteroatoms. The van der Waals surface area contributed by atoms with E-state index in [1.54, 1.807) is 108 Å². The molecule has 8 rings (SSSR count). The number of hydrazone groups is 2. The van der Waals surface area contributed by atoms with E-state index in [1.165, 1.54) is 4.78 Å². The predicted octanol–water partition coefficient (Wildman–Crippen LogP) is -1.13. The highest BCUT2D eigenvalue weighted by Gasteiger charge is 2.53. The fraction of sp³-hybridized carbons (Fsp3) is 0.600. The molecule has 4 aliphatic heterocycles. The van der Waals surface area contributed by atoms with Crippen LogP contribution in [-0.4, -0.2) is 312 Å². The lowest BCUT2D eigenvalue weighted by Gasteiger charge is -2.46. The van der Waals surface area contributed by atoms with Crippen LogP contribution in [-0.2, 0) is 83.9 Å². The van der Waals surface area contributed by atoms with Crippen LogP contribution in [0, 0.1) is 0 Å². The monoisotopic (exact) mass is 1600 g/mol. The Kier molecular flexibility index (Phi) is 33.3. The SMILES string of the molecule is CCOc1ccc(/C=N/N(C)[P+](=S)Oc2ccc(/C=N/N(C)P(=S)(Oc3ccc(CCNC(C)(C)C(=O)CCOC4OC(CO)C(O)C(O)C4OC4OC(CO)C(O)C(O)C4O)cc3)Oc3ccc(CCNC(C)(C)C(=O)CCOC4OC(CO)C(O)C(O)C4OC4OC(CO)C(O)C(O)C4O)cc3)cc2)cc1. The highest BCUT2D eigenvalue weighted by atomic mass is 32.5. The molecule has 16 N–H and O–H groups in total. The average Bonchev–Trinajstić information content (AvgIpc) is 0.784. The lowest BCUT2D eigenvalue weighted by molar-refractivity contribution is -0.367. The third-order valence-corrected chi connectivity index (χ3v) is 23.1. The second-order valence-corrected chi connectivity index (χ2v) is 32.4. The number of rotatable bonds is 40. The number of aliphatic hydroxyl groups is 14. The number of ketones is 2. The van der Waals surface area contributed by atoms with Gasteiger partial charge in [0.05, 0.1) is 76.8 Å². The van der Waals surface area contributed by atoms with Crippen LogP contribution in [0.25, 0.3) is 0 Å². The lowest BCUT2D eigenvalue weighted by Crippen LogP contribution is -2.64. The summed E-state index contributed by atoms with van der Waals surface area (Å²) in [6.07, 6.45) is -29.0. The van der Waals surface area contributed by atoms with Crippen molar-refractivity contribution in [2.24, 2.45) is 10.2 Å². The van der Waals surface area contributed by atoms with Gasteiger partial charge in [0.2, 0.25) is 11.8 Å². The van der Waals surface area contributed by atoms with Crippen LogP contribution < -0.4 is 28.9 Å². The Balaban J connectivity index is 0.871. The van der Waals surface area contributed by atoms with Crippen molar-refractivity contribution >= 4 is 61.3 Å². The van der Waals surface area contributed by atoms with E-state index in [0.29, 0.717) is 55.4 Å². The molecule has 0 spiro atoms. The van der Waals surface area contributed by atoms with Gasteiger partial charge >= 0.3 is 13.7 Å². The first-order chi connectivity index (χ1) is 51.3. The first-order valence-corrected chi connectivity index (χ1v) is 39.8. The predicted molar refractivity (Wildman–Crippen MR) is 394 cm³/mol. The number of nitrogens with one attached hydrogen (secondary N) is 2. The summed E-state index contributed by atoms with van der Waals surface area (Å²) in [6.45, 7) is 2.73. The molecule has 0 amide bonds. The third kappa shape index (κ3) is 23.6. The fourth-order valence-electron chi connectivity index (χ4n) is 11.6. The summed E-state index contributed by atoms with van der Waals surface area (Å²) in [7, 11) is 1.77. The van der Waals surface area contributed by atoms with E-state index >= 15 is 0 Å². The number of nitrogens with zero attached hydrogens (tertiary/aromatic N) is 4.